The van der Waals surface area contributed by atoms with Gasteiger partial charge >= 0.3 is 0 Å². The van der Waals surface area contributed by atoms with Crippen LogP contribution in [0.3, 0.4) is 0 Å². The Labute approximate surface area is 139 Å². The Balaban J connectivity index is 2.83. The molecule has 0 heterocycles. The topological polar surface area (TPSA) is 83.5 Å². The van der Waals surface area contributed by atoms with Gasteiger partial charge in [0.2, 0.25) is 10.0 Å². The fourth-order valence-corrected chi connectivity index (χ4v) is 3.62. The first-order valence-electron chi connectivity index (χ1n) is 7.76. The summed E-state index contributed by atoms with van der Waals surface area (Å²) in [6.07, 6.45) is 0.00740. The molecule has 1 unspecified atom stereocenters. The maximum Gasteiger partial charge on any atom is 0.240 e. The zero-order valence-electron chi connectivity index (χ0n) is 14.5. The van der Waals surface area contributed by atoms with Crippen molar-refractivity contribution in [3.8, 4) is 0 Å². The molecule has 0 bridgehead atoms. The lowest BCUT2D eigenvalue weighted by Crippen LogP contribution is -2.35. The van der Waals surface area contributed by atoms with E-state index in [1.807, 2.05) is 13.8 Å². The van der Waals surface area contributed by atoms with Crippen molar-refractivity contribution in [1.29, 1.82) is 0 Å². The average molecular weight is 341 g/mol. The Hall–Kier alpha value is -1.24. The number of rotatable bonds is 8. The highest BCUT2D eigenvalue weighted by Gasteiger charge is 2.24. The molecule has 2 N–H and O–H groups in total. The molecule has 1 rings (SSSR count). The Bertz CT molecular complexity index is 631. The van der Waals surface area contributed by atoms with Gasteiger partial charge in [-0.2, -0.15) is 0 Å². The summed E-state index contributed by atoms with van der Waals surface area (Å²) in [4.78, 5) is 12.0. The molecule has 0 aliphatic carbocycles. The summed E-state index contributed by atoms with van der Waals surface area (Å²) in [5, 5.41) is 9.45. The third-order valence-corrected chi connectivity index (χ3v) is 4.98. The van der Waals surface area contributed by atoms with Gasteiger partial charge < -0.3 is 5.11 Å². The molecule has 0 aromatic heterocycles. The molecule has 0 aliphatic heterocycles. The van der Waals surface area contributed by atoms with Gasteiger partial charge in [-0.25, -0.2) is 13.1 Å². The van der Waals surface area contributed by atoms with Crippen LogP contribution in [0, 0.1) is 11.3 Å². The second-order valence-electron chi connectivity index (χ2n) is 7.09. The number of aliphatic hydroxyl groups is 1. The standard InChI is InChI=1S/C17H27NO4S/c1-12(2)16(20)14-6-8-15(9-7-14)23(21,22)18-11-17(4,5)10-13(3)19/h6-9,12-13,18-19H,10-11H2,1-5H3. The van der Waals surface area contributed by atoms with E-state index in [4.69, 9.17) is 0 Å². The molecule has 0 aliphatic rings. The first-order chi connectivity index (χ1) is 10.4. The van der Waals surface area contributed by atoms with Crippen LogP contribution in [0.15, 0.2) is 29.2 Å². The number of hydrogen-bond acceptors (Lipinski definition) is 4. The highest BCUT2D eigenvalue weighted by atomic mass is 32.2. The van der Waals surface area contributed by atoms with E-state index in [1.165, 1.54) is 24.3 Å². The van der Waals surface area contributed by atoms with Crippen LogP contribution in [0.2, 0.25) is 0 Å². The number of Topliss-reactive ketones (excluding diaryl/α,β-unsaturated/α-hetero) is 1. The summed E-state index contributed by atoms with van der Waals surface area (Å²) in [6, 6.07) is 5.97. The lowest BCUT2D eigenvalue weighted by molar-refractivity contribution is 0.0939. The second-order valence-corrected chi connectivity index (χ2v) is 8.85. The first-order valence-corrected chi connectivity index (χ1v) is 9.25. The van der Waals surface area contributed by atoms with Gasteiger partial charge in [0.05, 0.1) is 11.0 Å². The first kappa shape index (κ1) is 19.8. The van der Waals surface area contributed by atoms with Gasteiger partial charge in [0, 0.05) is 18.0 Å². The van der Waals surface area contributed by atoms with Crippen molar-refractivity contribution in [2.45, 2.75) is 52.0 Å². The molecule has 0 saturated carbocycles. The number of sulfonamides is 1. The van der Waals surface area contributed by atoms with Crippen LogP contribution >= 0.6 is 0 Å². The monoisotopic (exact) mass is 341 g/mol. The zero-order chi connectivity index (χ0) is 17.8. The minimum atomic E-state index is -3.63. The van der Waals surface area contributed by atoms with Crippen molar-refractivity contribution in [2.75, 3.05) is 6.54 Å². The summed E-state index contributed by atoms with van der Waals surface area (Å²) in [5.74, 6) is -0.142. The van der Waals surface area contributed by atoms with Crippen LogP contribution in [-0.2, 0) is 10.0 Å². The van der Waals surface area contributed by atoms with Gasteiger partial charge in [-0.1, -0.05) is 39.8 Å². The lowest BCUT2D eigenvalue weighted by atomic mass is 9.87. The molecule has 0 saturated heterocycles. The summed E-state index contributed by atoms with van der Waals surface area (Å²) < 4.78 is 27.2. The minimum absolute atomic E-state index is 0.0139. The summed E-state index contributed by atoms with van der Waals surface area (Å²) in [7, 11) is -3.63. The highest BCUT2D eigenvalue weighted by Crippen LogP contribution is 2.22. The number of carbonyl (C=O) groups is 1. The molecule has 6 heteroatoms. The number of benzene rings is 1. The van der Waals surface area contributed by atoms with Crippen LogP contribution in [-0.4, -0.2) is 32.0 Å². The molecule has 0 fully saturated rings. The quantitative estimate of drug-likeness (QED) is 0.712. The minimum Gasteiger partial charge on any atom is -0.393 e. The Kier molecular flexibility index (Phi) is 6.50. The number of carbonyl (C=O) groups excluding carboxylic acids is 1. The number of aliphatic hydroxyl groups excluding tert-OH is 1. The van der Waals surface area contributed by atoms with E-state index in [9.17, 15) is 18.3 Å². The molecular weight excluding hydrogens is 314 g/mol. The van der Waals surface area contributed by atoms with Crippen molar-refractivity contribution in [2.24, 2.45) is 11.3 Å². The predicted molar refractivity (Wildman–Crippen MR) is 90.9 cm³/mol. The molecule has 1 aromatic rings. The second kappa shape index (κ2) is 7.55. The molecule has 0 radical (unpaired) electrons. The van der Waals surface area contributed by atoms with Crippen LogP contribution < -0.4 is 4.72 Å². The van der Waals surface area contributed by atoms with Gasteiger partial charge in [-0.3, -0.25) is 4.79 Å². The lowest BCUT2D eigenvalue weighted by Gasteiger charge is -2.26. The van der Waals surface area contributed by atoms with E-state index in [-0.39, 0.29) is 28.6 Å². The highest BCUT2D eigenvalue weighted by molar-refractivity contribution is 7.89. The van der Waals surface area contributed by atoms with E-state index in [0.717, 1.165) is 0 Å². The molecule has 5 nitrogen and oxygen atoms in total. The average Bonchev–Trinajstić information content (AvgIpc) is 2.43. The third-order valence-electron chi connectivity index (χ3n) is 3.56. The van der Waals surface area contributed by atoms with E-state index < -0.39 is 16.1 Å². The van der Waals surface area contributed by atoms with E-state index >= 15 is 0 Å². The van der Waals surface area contributed by atoms with Crippen LogP contribution in [0.4, 0.5) is 0 Å². The van der Waals surface area contributed by atoms with E-state index in [2.05, 4.69) is 4.72 Å². The maximum atomic E-state index is 12.3. The molecule has 0 spiro atoms. The van der Waals surface area contributed by atoms with Crippen molar-refractivity contribution < 1.29 is 18.3 Å². The van der Waals surface area contributed by atoms with Crippen LogP contribution in [0.25, 0.3) is 0 Å². The molecule has 1 aromatic carbocycles. The van der Waals surface area contributed by atoms with E-state index in [1.54, 1.807) is 20.8 Å². The zero-order valence-corrected chi connectivity index (χ0v) is 15.3. The number of ketones is 1. The summed E-state index contributed by atoms with van der Waals surface area (Å²) in [5.41, 5.74) is 0.155. The van der Waals surface area contributed by atoms with Crippen molar-refractivity contribution in [3.63, 3.8) is 0 Å². The van der Waals surface area contributed by atoms with Crippen molar-refractivity contribution in [3.05, 3.63) is 29.8 Å². The Morgan fingerprint density at radius 2 is 1.70 bits per heavy atom. The fraction of sp³-hybridized carbons (Fsp3) is 0.588. The van der Waals surface area contributed by atoms with Crippen LogP contribution in [0.5, 0.6) is 0 Å². The van der Waals surface area contributed by atoms with Gasteiger partial charge in [0.1, 0.15) is 0 Å². The fourth-order valence-electron chi connectivity index (χ4n) is 2.38. The van der Waals surface area contributed by atoms with Crippen LogP contribution in [0.1, 0.15) is 51.4 Å². The molecule has 0 amide bonds. The van der Waals surface area contributed by atoms with Gasteiger partial charge in [0.15, 0.2) is 5.78 Å². The predicted octanol–water partition coefficient (Wildman–Crippen LogP) is 2.60. The largest absolute Gasteiger partial charge is 0.393 e. The number of hydrogen-bond donors (Lipinski definition) is 2. The molecular formula is C17H27NO4S. The van der Waals surface area contributed by atoms with Gasteiger partial charge in [-0.15, -0.1) is 0 Å². The Morgan fingerprint density at radius 1 is 1.17 bits per heavy atom. The maximum absolute atomic E-state index is 12.3. The smallest absolute Gasteiger partial charge is 0.240 e. The molecule has 1 atom stereocenters. The molecule has 130 valence electrons. The summed E-state index contributed by atoms with van der Waals surface area (Å²) in [6.45, 7) is 9.31. The normalized spacial score (nSPS) is 14.0. The third kappa shape index (κ3) is 6.05. The number of nitrogens with one attached hydrogen (secondary N) is 1. The summed E-state index contributed by atoms with van der Waals surface area (Å²) >= 11 is 0. The van der Waals surface area contributed by atoms with Gasteiger partial charge in [-0.05, 0) is 30.9 Å². The van der Waals surface area contributed by atoms with E-state index in [0.29, 0.717) is 12.0 Å². The van der Waals surface area contributed by atoms with Gasteiger partial charge in [0.25, 0.3) is 0 Å². The van der Waals surface area contributed by atoms with Crippen molar-refractivity contribution in [1.82, 2.24) is 4.72 Å². The Morgan fingerprint density at radius 3 is 2.13 bits per heavy atom. The molecule has 23 heavy (non-hydrogen) atoms. The SMILES string of the molecule is CC(O)CC(C)(C)CNS(=O)(=O)c1ccc(C(=O)C(C)C)cc1. The van der Waals surface area contributed by atoms with Crippen molar-refractivity contribution >= 4 is 15.8 Å².